The molecule has 1 aliphatic carbocycles. The summed E-state index contributed by atoms with van der Waals surface area (Å²) in [6.45, 7) is 1.03. The van der Waals surface area contributed by atoms with Crippen molar-refractivity contribution in [3.05, 3.63) is 35.6 Å². The molecular formula is C19H24FNO4. The predicted molar refractivity (Wildman–Crippen MR) is 89.4 cm³/mol. The lowest BCUT2D eigenvalue weighted by Crippen LogP contribution is -2.51. The summed E-state index contributed by atoms with van der Waals surface area (Å²) in [5.41, 5.74) is 0.157. The molecule has 0 unspecified atom stereocenters. The Hall–Kier alpha value is -1.95. The number of nitrogens with one attached hydrogen (secondary N) is 1. The number of ether oxygens (including phenoxy) is 1. The van der Waals surface area contributed by atoms with Gasteiger partial charge in [-0.3, -0.25) is 9.59 Å². The molecule has 0 atom stereocenters. The standard InChI is InChI=1S/C19H24FNO4/c20-16-3-1-2-15(12-16)19(8-10-25-11-9-19)21-17(22)13-4-6-14(7-5-13)18(23)24/h1-3,12-14H,4-11H2,(H,21,22)(H,23,24). The third kappa shape index (κ3) is 4.00. The van der Waals surface area contributed by atoms with Gasteiger partial charge in [0.05, 0.1) is 11.5 Å². The van der Waals surface area contributed by atoms with E-state index < -0.39 is 11.5 Å². The van der Waals surface area contributed by atoms with Crippen molar-refractivity contribution in [3.63, 3.8) is 0 Å². The lowest BCUT2D eigenvalue weighted by Gasteiger charge is -2.40. The van der Waals surface area contributed by atoms with Crippen molar-refractivity contribution < 1.29 is 23.8 Å². The minimum Gasteiger partial charge on any atom is -0.481 e. The summed E-state index contributed by atoms with van der Waals surface area (Å²) in [7, 11) is 0. The molecule has 1 amide bonds. The molecule has 1 heterocycles. The van der Waals surface area contributed by atoms with Crippen LogP contribution >= 0.6 is 0 Å². The van der Waals surface area contributed by atoms with Crippen LogP contribution in [-0.4, -0.2) is 30.2 Å². The first-order valence-electron chi connectivity index (χ1n) is 8.89. The van der Waals surface area contributed by atoms with E-state index in [0.717, 1.165) is 5.56 Å². The summed E-state index contributed by atoms with van der Waals surface area (Å²) < 4.78 is 19.1. The molecule has 1 saturated heterocycles. The molecule has 0 bridgehead atoms. The average molecular weight is 349 g/mol. The summed E-state index contributed by atoms with van der Waals surface area (Å²) in [6.07, 6.45) is 3.43. The number of hydrogen-bond acceptors (Lipinski definition) is 3. The van der Waals surface area contributed by atoms with Gasteiger partial charge in [-0.2, -0.15) is 0 Å². The number of hydrogen-bond donors (Lipinski definition) is 2. The van der Waals surface area contributed by atoms with E-state index in [4.69, 9.17) is 9.84 Å². The first-order chi connectivity index (χ1) is 12.0. The Morgan fingerprint density at radius 1 is 1.12 bits per heavy atom. The number of aliphatic carboxylic acids is 1. The smallest absolute Gasteiger partial charge is 0.306 e. The number of carboxylic acids is 1. The van der Waals surface area contributed by atoms with Crippen molar-refractivity contribution in [2.24, 2.45) is 11.8 Å². The molecule has 25 heavy (non-hydrogen) atoms. The van der Waals surface area contributed by atoms with Crippen LogP contribution in [-0.2, 0) is 19.9 Å². The van der Waals surface area contributed by atoms with Crippen molar-refractivity contribution in [3.8, 4) is 0 Å². The number of rotatable bonds is 4. The van der Waals surface area contributed by atoms with Gasteiger partial charge < -0.3 is 15.2 Å². The van der Waals surface area contributed by atoms with E-state index in [1.165, 1.54) is 12.1 Å². The molecule has 0 spiro atoms. The quantitative estimate of drug-likeness (QED) is 0.876. The van der Waals surface area contributed by atoms with Gasteiger partial charge in [-0.25, -0.2) is 4.39 Å². The SMILES string of the molecule is O=C(O)C1CCC(C(=O)NC2(c3cccc(F)c3)CCOCC2)CC1. The summed E-state index contributed by atoms with van der Waals surface area (Å²) in [6, 6.07) is 6.38. The van der Waals surface area contributed by atoms with Crippen molar-refractivity contribution in [2.45, 2.75) is 44.1 Å². The Kier molecular flexibility index (Phi) is 5.37. The fourth-order valence-electron chi connectivity index (χ4n) is 3.93. The van der Waals surface area contributed by atoms with E-state index in [9.17, 15) is 14.0 Å². The highest BCUT2D eigenvalue weighted by Gasteiger charge is 2.39. The summed E-state index contributed by atoms with van der Waals surface area (Å²) >= 11 is 0. The molecule has 2 N–H and O–H groups in total. The van der Waals surface area contributed by atoms with Crippen LogP contribution in [0.1, 0.15) is 44.1 Å². The zero-order valence-corrected chi connectivity index (χ0v) is 14.2. The molecule has 6 heteroatoms. The van der Waals surface area contributed by atoms with Crippen molar-refractivity contribution in [1.29, 1.82) is 0 Å². The Morgan fingerprint density at radius 3 is 2.36 bits per heavy atom. The first-order valence-corrected chi connectivity index (χ1v) is 8.89. The van der Waals surface area contributed by atoms with Gasteiger partial charge in [-0.1, -0.05) is 12.1 Å². The van der Waals surface area contributed by atoms with Gasteiger partial charge in [-0.05, 0) is 56.2 Å². The minimum absolute atomic E-state index is 0.0602. The third-order valence-corrected chi connectivity index (χ3v) is 5.53. The van der Waals surface area contributed by atoms with Crippen LogP contribution in [0.4, 0.5) is 4.39 Å². The maximum atomic E-state index is 13.7. The Bertz CT molecular complexity index is 634. The molecule has 5 nitrogen and oxygen atoms in total. The van der Waals surface area contributed by atoms with Crippen LogP contribution in [0, 0.1) is 17.7 Å². The first kappa shape index (κ1) is 17.9. The van der Waals surface area contributed by atoms with E-state index >= 15 is 0 Å². The second-order valence-electron chi connectivity index (χ2n) is 7.08. The van der Waals surface area contributed by atoms with Gasteiger partial charge >= 0.3 is 5.97 Å². The summed E-state index contributed by atoms with van der Waals surface area (Å²) in [5.74, 6) is -1.68. The van der Waals surface area contributed by atoms with Gasteiger partial charge in [0, 0.05) is 19.1 Å². The molecule has 136 valence electrons. The van der Waals surface area contributed by atoms with Crippen LogP contribution in [0.5, 0.6) is 0 Å². The zero-order valence-electron chi connectivity index (χ0n) is 14.2. The number of carbonyl (C=O) groups is 2. The number of amides is 1. The van der Waals surface area contributed by atoms with Gasteiger partial charge in [-0.15, -0.1) is 0 Å². The number of halogens is 1. The van der Waals surface area contributed by atoms with Crippen LogP contribution < -0.4 is 5.32 Å². The highest BCUT2D eigenvalue weighted by Crippen LogP contribution is 2.35. The number of carbonyl (C=O) groups excluding carboxylic acids is 1. The fraction of sp³-hybridized carbons (Fsp3) is 0.579. The predicted octanol–water partition coefficient (Wildman–Crippen LogP) is 2.84. The highest BCUT2D eigenvalue weighted by atomic mass is 19.1. The number of carboxylic acid groups (broad SMARTS) is 1. The topological polar surface area (TPSA) is 75.6 Å². The molecule has 2 fully saturated rings. The van der Waals surface area contributed by atoms with Crippen molar-refractivity contribution in [2.75, 3.05) is 13.2 Å². The van der Waals surface area contributed by atoms with Crippen LogP contribution in [0.2, 0.25) is 0 Å². The normalized spacial score (nSPS) is 26.0. The van der Waals surface area contributed by atoms with Gasteiger partial charge in [0.15, 0.2) is 0 Å². The molecule has 0 aromatic heterocycles. The molecule has 1 aromatic rings. The van der Waals surface area contributed by atoms with E-state index in [1.807, 2.05) is 6.07 Å². The van der Waals surface area contributed by atoms with Gasteiger partial charge in [0.25, 0.3) is 0 Å². The maximum Gasteiger partial charge on any atom is 0.306 e. The minimum atomic E-state index is -0.778. The maximum absolute atomic E-state index is 13.7. The molecule has 1 aromatic carbocycles. The van der Waals surface area contributed by atoms with E-state index in [1.54, 1.807) is 6.07 Å². The van der Waals surface area contributed by atoms with Crippen LogP contribution in [0.25, 0.3) is 0 Å². The van der Waals surface area contributed by atoms with Gasteiger partial charge in [0.1, 0.15) is 5.82 Å². The Balaban J connectivity index is 1.73. The summed E-state index contributed by atoms with van der Waals surface area (Å²) in [4.78, 5) is 23.9. The fourth-order valence-corrected chi connectivity index (χ4v) is 3.93. The molecule has 1 aliphatic heterocycles. The highest BCUT2D eigenvalue weighted by molar-refractivity contribution is 5.80. The van der Waals surface area contributed by atoms with Gasteiger partial charge in [0.2, 0.25) is 5.91 Å². The number of benzene rings is 1. The molecule has 1 saturated carbocycles. The summed E-state index contributed by atoms with van der Waals surface area (Å²) in [5, 5.41) is 12.2. The lowest BCUT2D eigenvalue weighted by molar-refractivity contribution is -0.144. The molecule has 0 radical (unpaired) electrons. The lowest BCUT2D eigenvalue weighted by atomic mass is 9.79. The Morgan fingerprint density at radius 2 is 1.76 bits per heavy atom. The molecule has 3 rings (SSSR count). The molecule has 2 aliphatic rings. The van der Waals surface area contributed by atoms with Crippen LogP contribution in [0.15, 0.2) is 24.3 Å². The Labute approximate surface area is 146 Å². The largest absolute Gasteiger partial charge is 0.481 e. The third-order valence-electron chi connectivity index (χ3n) is 5.53. The average Bonchev–Trinajstić information content (AvgIpc) is 2.62. The van der Waals surface area contributed by atoms with Crippen molar-refractivity contribution >= 4 is 11.9 Å². The second kappa shape index (κ2) is 7.52. The van der Waals surface area contributed by atoms with E-state index in [0.29, 0.717) is 51.7 Å². The van der Waals surface area contributed by atoms with E-state index in [-0.39, 0.29) is 23.6 Å². The second-order valence-corrected chi connectivity index (χ2v) is 7.08. The van der Waals surface area contributed by atoms with Crippen LogP contribution in [0.3, 0.4) is 0 Å². The van der Waals surface area contributed by atoms with E-state index in [2.05, 4.69) is 5.32 Å². The molecular weight excluding hydrogens is 325 g/mol. The van der Waals surface area contributed by atoms with Crippen molar-refractivity contribution in [1.82, 2.24) is 5.32 Å². The monoisotopic (exact) mass is 349 g/mol. The zero-order chi connectivity index (χ0) is 17.9.